The van der Waals surface area contributed by atoms with Crippen LogP contribution in [0.15, 0.2) is 49.1 Å². The molecule has 0 saturated carbocycles. The van der Waals surface area contributed by atoms with Crippen molar-refractivity contribution in [3.05, 3.63) is 60.2 Å². The predicted molar refractivity (Wildman–Crippen MR) is 66.7 cm³/mol. The third kappa shape index (κ3) is 4.00. The van der Waals surface area contributed by atoms with Crippen molar-refractivity contribution in [3.63, 3.8) is 0 Å². The Bertz CT molecular complexity index is 599. The van der Waals surface area contributed by atoms with Crippen molar-refractivity contribution in [1.29, 1.82) is 0 Å². The monoisotopic (exact) mass is 271 g/mol. The van der Waals surface area contributed by atoms with Crippen LogP contribution >= 0.6 is 0 Å². The van der Waals surface area contributed by atoms with Gasteiger partial charge in [-0.15, -0.1) is 0 Å². The fourth-order valence-electron chi connectivity index (χ4n) is 1.30. The molecule has 0 amide bonds. The minimum atomic E-state index is -1.10. The Labute approximate surface area is 127 Å². The van der Waals surface area contributed by atoms with Crippen molar-refractivity contribution in [1.82, 2.24) is 4.98 Å². The third-order valence-electron chi connectivity index (χ3n) is 2.12. The molecular formula is C12H11MgN2O4+. The molecule has 0 radical (unpaired) electrons. The number of carboxylic acid groups (broad SMARTS) is 1. The SMILES string of the molecule is O=C(O)c1cccc(C(=O)O[n+]2cccnc2)c1.[H-].[H-].[Mg+2]. The quantitative estimate of drug-likeness (QED) is 0.636. The Morgan fingerprint density at radius 2 is 2.00 bits per heavy atom. The molecule has 1 heterocycles. The van der Waals surface area contributed by atoms with Crippen LogP contribution < -0.4 is 9.57 Å². The van der Waals surface area contributed by atoms with Crippen LogP contribution in [0.2, 0.25) is 0 Å². The Hall–Kier alpha value is -1.99. The molecule has 0 atom stereocenters. The Morgan fingerprint density at radius 3 is 2.63 bits per heavy atom. The fourth-order valence-corrected chi connectivity index (χ4v) is 1.30. The molecule has 1 aromatic heterocycles. The summed E-state index contributed by atoms with van der Waals surface area (Å²) in [4.78, 5) is 31.2. The largest absolute Gasteiger partial charge is 2.00 e. The molecule has 1 aromatic carbocycles. The minimum Gasteiger partial charge on any atom is -1.00 e. The molecule has 0 spiro atoms. The molecule has 6 nitrogen and oxygen atoms in total. The topological polar surface area (TPSA) is 80.4 Å². The van der Waals surface area contributed by atoms with Gasteiger partial charge in [0.15, 0.2) is 0 Å². The van der Waals surface area contributed by atoms with Gasteiger partial charge >= 0.3 is 41.3 Å². The van der Waals surface area contributed by atoms with E-state index in [1.165, 1.54) is 43.0 Å². The van der Waals surface area contributed by atoms with E-state index in [0.29, 0.717) is 0 Å². The van der Waals surface area contributed by atoms with Gasteiger partial charge in [0.2, 0.25) is 0 Å². The van der Waals surface area contributed by atoms with E-state index in [1.54, 1.807) is 6.07 Å². The molecule has 1 N–H and O–H groups in total. The van der Waals surface area contributed by atoms with Crippen molar-refractivity contribution >= 4 is 35.0 Å². The van der Waals surface area contributed by atoms with E-state index >= 15 is 0 Å². The summed E-state index contributed by atoms with van der Waals surface area (Å²) in [5.41, 5.74) is 0.187. The number of rotatable bonds is 3. The summed E-state index contributed by atoms with van der Waals surface area (Å²) in [5, 5.41) is 8.81. The first-order valence-electron chi connectivity index (χ1n) is 5.04. The molecule has 0 aliphatic heterocycles. The molecule has 0 aliphatic carbocycles. The van der Waals surface area contributed by atoms with E-state index < -0.39 is 11.9 Å². The van der Waals surface area contributed by atoms with E-state index in [4.69, 9.17) is 9.94 Å². The number of carboxylic acids is 1. The van der Waals surface area contributed by atoms with Crippen LogP contribution in [-0.2, 0) is 0 Å². The normalized spacial score (nSPS) is 9.26. The number of hydrogen-bond donors (Lipinski definition) is 1. The van der Waals surface area contributed by atoms with Gasteiger partial charge in [0.1, 0.15) is 12.4 Å². The van der Waals surface area contributed by atoms with Crippen molar-refractivity contribution in [3.8, 4) is 0 Å². The van der Waals surface area contributed by atoms with E-state index in [2.05, 4.69) is 4.98 Å². The molecule has 2 rings (SSSR count). The van der Waals surface area contributed by atoms with Gasteiger partial charge in [-0.05, 0) is 22.9 Å². The second-order valence-corrected chi connectivity index (χ2v) is 3.38. The number of hydrogen-bond acceptors (Lipinski definition) is 4. The van der Waals surface area contributed by atoms with Crippen LogP contribution in [0.5, 0.6) is 0 Å². The number of aromatic nitrogens is 2. The Kier molecular flexibility index (Phi) is 5.40. The van der Waals surface area contributed by atoms with Gasteiger partial charge in [0.25, 0.3) is 0 Å². The zero-order chi connectivity index (χ0) is 13.0. The molecule has 94 valence electrons. The summed E-state index contributed by atoms with van der Waals surface area (Å²) < 4.78 is 1.13. The first kappa shape index (κ1) is 15.1. The van der Waals surface area contributed by atoms with Gasteiger partial charge in [-0.2, -0.15) is 0 Å². The molecule has 0 unspecified atom stereocenters. The molecule has 2 aromatic rings. The van der Waals surface area contributed by atoms with Gasteiger partial charge < -0.3 is 7.96 Å². The van der Waals surface area contributed by atoms with Gasteiger partial charge in [0, 0.05) is 6.07 Å². The van der Waals surface area contributed by atoms with Crippen LogP contribution in [0.3, 0.4) is 0 Å². The third-order valence-corrected chi connectivity index (χ3v) is 2.12. The molecular weight excluding hydrogens is 260 g/mol. The van der Waals surface area contributed by atoms with Gasteiger partial charge in [-0.1, -0.05) is 11.1 Å². The van der Waals surface area contributed by atoms with Gasteiger partial charge in [-0.3, -0.25) is 4.84 Å². The zero-order valence-electron chi connectivity index (χ0n) is 11.9. The van der Waals surface area contributed by atoms with E-state index in [9.17, 15) is 9.59 Å². The molecule has 7 heteroatoms. The summed E-state index contributed by atoms with van der Waals surface area (Å²) in [7, 11) is 0. The van der Waals surface area contributed by atoms with Crippen molar-refractivity contribution in [2.24, 2.45) is 0 Å². The van der Waals surface area contributed by atoms with E-state index in [-0.39, 0.29) is 37.0 Å². The second-order valence-electron chi connectivity index (χ2n) is 3.38. The van der Waals surface area contributed by atoms with E-state index in [0.717, 1.165) is 4.73 Å². The van der Waals surface area contributed by atoms with Crippen molar-refractivity contribution < 1.29 is 27.1 Å². The first-order valence-corrected chi connectivity index (χ1v) is 5.04. The standard InChI is InChI=1S/C12H8N2O4.Mg.2H/c15-11(16)9-3-1-4-10(7-9)12(17)18-14-6-2-5-13-8-14;;;/h1-8H;;;/q;+2;2*-1/p+1. The van der Waals surface area contributed by atoms with Crippen molar-refractivity contribution in [2.75, 3.05) is 0 Å². The van der Waals surface area contributed by atoms with E-state index in [1.807, 2.05) is 0 Å². The summed E-state index contributed by atoms with van der Waals surface area (Å²) >= 11 is 0. The maximum absolute atomic E-state index is 11.7. The van der Waals surface area contributed by atoms with Gasteiger partial charge in [-0.25, -0.2) is 9.59 Å². The molecule has 0 saturated heterocycles. The number of nitrogens with zero attached hydrogens (tertiary/aromatic N) is 2. The van der Waals surface area contributed by atoms with Gasteiger partial charge in [0.05, 0.1) is 11.1 Å². The summed E-state index contributed by atoms with van der Waals surface area (Å²) in [5.74, 6) is -1.75. The average Bonchev–Trinajstić information content (AvgIpc) is 2.40. The fraction of sp³-hybridized carbons (Fsp3) is 0. The average molecular weight is 272 g/mol. The van der Waals surface area contributed by atoms with Crippen molar-refractivity contribution in [2.45, 2.75) is 0 Å². The Balaban J connectivity index is 0. The van der Waals surface area contributed by atoms with Crippen LogP contribution in [0.1, 0.15) is 23.6 Å². The van der Waals surface area contributed by atoms with Crippen LogP contribution in [0.25, 0.3) is 0 Å². The van der Waals surface area contributed by atoms with Crippen LogP contribution in [-0.4, -0.2) is 45.1 Å². The number of carbonyl (C=O) groups excluding carboxylic acids is 1. The summed E-state index contributed by atoms with van der Waals surface area (Å²) in [6.45, 7) is 0. The molecule has 19 heavy (non-hydrogen) atoms. The number of carbonyl (C=O) groups is 2. The molecule has 0 bridgehead atoms. The summed E-state index contributed by atoms with van der Waals surface area (Å²) in [6.07, 6.45) is 4.36. The number of benzene rings is 1. The Morgan fingerprint density at radius 1 is 1.26 bits per heavy atom. The maximum atomic E-state index is 11.7. The number of aromatic carboxylic acids is 1. The van der Waals surface area contributed by atoms with Crippen LogP contribution in [0.4, 0.5) is 0 Å². The predicted octanol–water partition coefficient (Wildman–Crippen LogP) is 0.180. The molecule has 0 aliphatic rings. The zero-order valence-corrected chi connectivity index (χ0v) is 11.3. The first-order chi connectivity index (χ1) is 8.66. The van der Waals surface area contributed by atoms with Crippen LogP contribution in [0, 0.1) is 0 Å². The maximum Gasteiger partial charge on any atom is 2.00 e. The summed E-state index contributed by atoms with van der Waals surface area (Å²) in [6, 6.07) is 7.21. The smallest absolute Gasteiger partial charge is 1.00 e. The minimum absolute atomic E-state index is 0. The second kappa shape index (κ2) is 6.81. The molecule has 0 fully saturated rings.